The van der Waals surface area contributed by atoms with Crippen LogP contribution in [0.3, 0.4) is 0 Å². The van der Waals surface area contributed by atoms with Crippen LogP contribution < -0.4 is 5.32 Å². The second-order valence-electron chi connectivity index (χ2n) is 8.03. The van der Waals surface area contributed by atoms with E-state index in [9.17, 15) is 18.4 Å². The van der Waals surface area contributed by atoms with Gasteiger partial charge in [-0.1, -0.05) is 0 Å². The van der Waals surface area contributed by atoms with Crippen molar-refractivity contribution in [3.63, 3.8) is 0 Å². The van der Waals surface area contributed by atoms with Crippen LogP contribution in [-0.4, -0.2) is 92.2 Å². The first-order valence-electron chi connectivity index (χ1n) is 10.4. The number of amides is 3. The second-order valence-corrected chi connectivity index (χ2v) is 8.03. The lowest BCUT2D eigenvalue weighted by Gasteiger charge is -2.38. The molecular formula is C21H30F2N4O3. The van der Waals surface area contributed by atoms with E-state index in [1.807, 2.05) is 4.90 Å². The van der Waals surface area contributed by atoms with Crippen molar-refractivity contribution in [2.75, 3.05) is 53.5 Å². The maximum atomic E-state index is 13.8. The Bertz CT molecular complexity index is 756. The molecule has 1 unspecified atom stereocenters. The molecule has 9 heteroatoms. The van der Waals surface area contributed by atoms with Crippen molar-refractivity contribution in [3.05, 3.63) is 35.4 Å². The largest absolute Gasteiger partial charge is 0.381 e. The van der Waals surface area contributed by atoms with Gasteiger partial charge in [-0.3, -0.25) is 9.69 Å². The van der Waals surface area contributed by atoms with Gasteiger partial charge in [-0.15, -0.1) is 0 Å². The molecule has 1 aromatic carbocycles. The molecule has 2 heterocycles. The molecule has 1 N–H and O–H groups in total. The van der Waals surface area contributed by atoms with Gasteiger partial charge in [0, 0.05) is 71.6 Å². The van der Waals surface area contributed by atoms with Crippen LogP contribution in [0.5, 0.6) is 0 Å². The SMILES string of the molecule is CN(C)C(=O)N1CCC(N(CCNC(=O)c2ccc(F)cc2F)C2CCOCC2)C1. The number of carbonyl (C=O) groups excluding carboxylic acids is 2. The van der Waals surface area contributed by atoms with Crippen LogP contribution in [0.2, 0.25) is 0 Å². The van der Waals surface area contributed by atoms with Gasteiger partial charge in [0.1, 0.15) is 11.6 Å². The van der Waals surface area contributed by atoms with Crippen LogP contribution in [0.25, 0.3) is 0 Å². The molecule has 0 bridgehead atoms. The van der Waals surface area contributed by atoms with Gasteiger partial charge >= 0.3 is 6.03 Å². The zero-order valence-electron chi connectivity index (χ0n) is 17.6. The second kappa shape index (κ2) is 10.2. The lowest BCUT2D eigenvalue weighted by Crippen LogP contribution is -2.50. The normalized spacial score (nSPS) is 19.9. The Morgan fingerprint density at radius 3 is 2.57 bits per heavy atom. The van der Waals surface area contributed by atoms with Gasteiger partial charge in [-0.25, -0.2) is 13.6 Å². The van der Waals surface area contributed by atoms with Gasteiger partial charge in [-0.2, -0.15) is 0 Å². The van der Waals surface area contributed by atoms with E-state index in [0.29, 0.717) is 51.5 Å². The highest BCUT2D eigenvalue weighted by Gasteiger charge is 2.34. The van der Waals surface area contributed by atoms with E-state index in [1.165, 1.54) is 0 Å². The maximum absolute atomic E-state index is 13.8. The highest BCUT2D eigenvalue weighted by molar-refractivity contribution is 5.94. The molecule has 0 saturated carbocycles. The molecule has 30 heavy (non-hydrogen) atoms. The Morgan fingerprint density at radius 1 is 1.17 bits per heavy atom. The van der Waals surface area contributed by atoms with Crippen molar-refractivity contribution in [2.24, 2.45) is 0 Å². The minimum atomic E-state index is -0.873. The first-order valence-corrected chi connectivity index (χ1v) is 10.4. The monoisotopic (exact) mass is 424 g/mol. The molecule has 2 fully saturated rings. The maximum Gasteiger partial charge on any atom is 0.319 e. The van der Waals surface area contributed by atoms with Gasteiger partial charge in [0.15, 0.2) is 0 Å². The third kappa shape index (κ3) is 5.46. The van der Waals surface area contributed by atoms with Crippen molar-refractivity contribution >= 4 is 11.9 Å². The standard InChI is InChI=1S/C21H30F2N4O3/c1-25(2)21(29)26-9-5-17(14-26)27(16-6-11-30-12-7-16)10-8-24-20(28)18-4-3-15(22)13-19(18)23/h3-4,13,16-17H,5-12,14H2,1-2H3,(H,24,28). The van der Waals surface area contributed by atoms with Crippen LogP contribution in [0.1, 0.15) is 29.6 Å². The minimum absolute atomic E-state index is 0.00418. The van der Waals surface area contributed by atoms with Gasteiger partial charge in [0.25, 0.3) is 5.91 Å². The summed E-state index contributed by atoms with van der Waals surface area (Å²) >= 11 is 0. The smallest absolute Gasteiger partial charge is 0.319 e. The van der Waals surface area contributed by atoms with Gasteiger partial charge in [0.05, 0.1) is 5.56 Å². The number of nitrogens with zero attached hydrogens (tertiary/aromatic N) is 3. The highest BCUT2D eigenvalue weighted by Crippen LogP contribution is 2.23. The number of hydrogen-bond donors (Lipinski definition) is 1. The summed E-state index contributed by atoms with van der Waals surface area (Å²) in [5.74, 6) is -2.15. The van der Waals surface area contributed by atoms with E-state index >= 15 is 0 Å². The number of likely N-dealkylation sites (tertiary alicyclic amines) is 1. The summed E-state index contributed by atoms with van der Waals surface area (Å²) in [5.41, 5.74) is -0.169. The van der Waals surface area contributed by atoms with Crippen LogP contribution in [0, 0.1) is 11.6 Å². The van der Waals surface area contributed by atoms with Gasteiger partial charge in [-0.05, 0) is 31.4 Å². The summed E-state index contributed by atoms with van der Waals surface area (Å²) in [6.45, 7) is 3.67. The Morgan fingerprint density at radius 2 is 1.90 bits per heavy atom. The molecule has 2 aliphatic heterocycles. The Labute approximate surface area is 175 Å². The summed E-state index contributed by atoms with van der Waals surface area (Å²) < 4.78 is 32.4. The molecule has 7 nitrogen and oxygen atoms in total. The predicted octanol–water partition coefficient (Wildman–Crippen LogP) is 1.93. The molecule has 3 amide bonds. The van der Waals surface area contributed by atoms with Gasteiger partial charge in [0.2, 0.25) is 0 Å². The summed E-state index contributed by atoms with van der Waals surface area (Å²) in [4.78, 5) is 30.4. The molecule has 1 atom stereocenters. The number of ether oxygens (including phenoxy) is 1. The zero-order chi connectivity index (χ0) is 21.7. The van der Waals surface area contributed by atoms with Crippen molar-refractivity contribution in [3.8, 4) is 0 Å². The van der Waals surface area contributed by atoms with Crippen molar-refractivity contribution in [1.82, 2.24) is 20.0 Å². The fourth-order valence-electron chi connectivity index (χ4n) is 4.22. The minimum Gasteiger partial charge on any atom is -0.381 e. The molecule has 166 valence electrons. The highest BCUT2D eigenvalue weighted by atomic mass is 19.1. The van der Waals surface area contributed by atoms with E-state index in [0.717, 1.165) is 31.4 Å². The number of carbonyl (C=O) groups is 2. The van der Waals surface area contributed by atoms with Crippen LogP contribution in [-0.2, 0) is 4.74 Å². The third-order valence-electron chi connectivity index (χ3n) is 5.78. The number of rotatable bonds is 6. The average molecular weight is 424 g/mol. The summed E-state index contributed by atoms with van der Waals surface area (Å²) in [7, 11) is 3.49. The molecular weight excluding hydrogens is 394 g/mol. The number of urea groups is 1. The topological polar surface area (TPSA) is 65.1 Å². The van der Waals surface area contributed by atoms with Crippen LogP contribution in [0.15, 0.2) is 18.2 Å². The summed E-state index contributed by atoms with van der Waals surface area (Å²) in [5, 5.41) is 2.74. The van der Waals surface area contributed by atoms with E-state index < -0.39 is 17.5 Å². The predicted molar refractivity (Wildman–Crippen MR) is 108 cm³/mol. The lowest BCUT2D eigenvalue weighted by molar-refractivity contribution is 0.0188. The number of halogens is 2. The zero-order valence-corrected chi connectivity index (χ0v) is 17.6. The van der Waals surface area contributed by atoms with Crippen LogP contribution in [0.4, 0.5) is 13.6 Å². The fourth-order valence-corrected chi connectivity index (χ4v) is 4.22. The Balaban J connectivity index is 1.60. The first-order chi connectivity index (χ1) is 14.4. The number of hydrogen-bond acceptors (Lipinski definition) is 4. The Kier molecular flexibility index (Phi) is 7.60. The van der Waals surface area contributed by atoms with E-state index in [4.69, 9.17) is 4.74 Å². The molecule has 2 saturated heterocycles. The van der Waals surface area contributed by atoms with E-state index in [-0.39, 0.29) is 17.6 Å². The van der Waals surface area contributed by atoms with E-state index in [1.54, 1.807) is 19.0 Å². The third-order valence-corrected chi connectivity index (χ3v) is 5.78. The average Bonchev–Trinajstić information content (AvgIpc) is 3.20. The molecule has 0 aliphatic carbocycles. The van der Waals surface area contributed by atoms with Crippen LogP contribution >= 0.6 is 0 Å². The quantitative estimate of drug-likeness (QED) is 0.758. The van der Waals surface area contributed by atoms with Crippen molar-refractivity contribution < 1.29 is 23.1 Å². The molecule has 0 aromatic heterocycles. The van der Waals surface area contributed by atoms with Crippen molar-refractivity contribution in [2.45, 2.75) is 31.3 Å². The first kappa shape index (κ1) is 22.4. The van der Waals surface area contributed by atoms with E-state index in [2.05, 4.69) is 10.2 Å². The fraction of sp³-hybridized carbons (Fsp3) is 0.619. The molecule has 1 aromatic rings. The van der Waals surface area contributed by atoms with Gasteiger partial charge < -0.3 is 19.9 Å². The summed E-state index contributed by atoms with van der Waals surface area (Å²) in [6.07, 6.45) is 2.68. The molecule has 2 aliphatic rings. The molecule has 0 radical (unpaired) electrons. The molecule has 3 rings (SSSR count). The number of nitrogens with one attached hydrogen (secondary N) is 1. The van der Waals surface area contributed by atoms with Crippen molar-refractivity contribution in [1.29, 1.82) is 0 Å². The number of benzene rings is 1. The summed E-state index contributed by atoms with van der Waals surface area (Å²) in [6, 6.07) is 3.45. The lowest BCUT2D eigenvalue weighted by atomic mass is 10.0. The molecule has 0 spiro atoms. The Hall–Kier alpha value is -2.26.